The smallest absolute Gasteiger partial charge is 0.244 e. The van der Waals surface area contributed by atoms with Crippen LogP contribution in [-0.2, 0) is 21.8 Å². The van der Waals surface area contributed by atoms with Gasteiger partial charge in [-0.1, -0.05) is 0 Å². The van der Waals surface area contributed by atoms with Crippen LogP contribution in [0.4, 0.5) is 0 Å². The summed E-state index contributed by atoms with van der Waals surface area (Å²) < 4.78 is 33.8. The number of nitrogens with one attached hydrogen (secondary N) is 1. The minimum absolute atomic E-state index is 0.157. The van der Waals surface area contributed by atoms with Crippen molar-refractivity contribution in [3.8, 4) is 0 Å². The third-order valence-corrected chi connectivity index (χ3v) is 4.72. The molecule has 0 unspecified atom stereocenters. The van der Waals surface area contributed by atoms with Crippen molar-refractivity contribution < 1.29 is 13.2 Å². The highest BCUT2D eigenvalue weighted by atomic mass is 32.2. The fourth-order valence-corrected chi connectivity index (χ4v) is 3.44. The van der Waals surface area contributed by atoms with Gasteiger partial charge >= 0.3 is 0 Å². The van der Waals surface area contributed by atoms with Gasteiger partial charge in [0.1, 0.15) is 4.90 Å². The lowest BCUT2D eigenvalue weighted by atomic mass is 9.92. The van der Waals surface area contributed by atoms with Crippen molar-refractivity contribution in [1.82, 2.24) is 14.5 Å². The molecule has 0 bridgehead atoms. The predicted octanol–water partition coefficient (Wildman–Crippen LogP) is -0.794. The van der Waals surface area contributed by atoms with E-state index in [1.54, 1.807) is 7.05 Å². The summed E-state index contributed by atoms with van der Waals surface area (Å²) in [6.45, 7) is 1.30. The SMILES string of the molecule is Cn1cc(S(=O)(=O)NC2(CN)CCOCC2)cn1. The zero-order chi connectivity index (χ0) is 13.2. The van der Waals surface area contributed by atoms with Crippen molar-refractivity contribution in [2.24, 2.45) is 12.8 Å². The zero-order valence-corrected chi connectivity index (χ0v) is 11.1. The number of rotatable bonds is 4. The highest BCUT2D eigenvalue weighted by molar-refractivity contribution is 7.89. The van der Waals surface area contributed by atoms with Crippen LogP contribution in [0.15, 0.2) is 17.3 Å². The molecular formula is C10H18N4O3S. The summed E-state index contributed by atoms with van der Waals surface area (Å²) in [6.07, 6.45) is 3.96. The summed E-state index contributed by atoms with van der Waals surface area (Å²) in [5.41, 5.74) is 5.12. The van der Waals surface area contributed by atoms with Crippen molar-refractivity contribution in [2.45, 2.75) is 23.3 Å². The summed E-state index contributed by atoms with van der Waals surface area (Å²) in [4.78, 5) is 0.157. The Bertz CT molecular complexity index is 505. The second kappa shape index (κ2) is 4.96. The number of sulfonamides is 1. The molecule has 3 N–H and O–H groups in total. The Balaban J connectivity index is 2.21. The molecule has 0 aromatic carbocycles. The normalized spacial score (nSPS) is 19.9. The fraction of sp³-hybridized carbons (Fsp3) is 0.700. The van der Waals surface area contributed by atoms with E-state index in [1.807, 2.05) is 0 Å². The van der Waals surface area contributed by atoms with E-state index in [0.717, 1.165) is 0 Å². The molecule has 0 amide bonds. The molecular weight excluding hydrogens is 256 g/mol. The fourth-order valence-electron chi connectivity index (χ4n) is 1.99. The van der Waals surface area contributed by atoms with E-state index >= 15 is 0 Å². The summed E-state index contributed by atoms with van der Waals surface area (Å²) in [5, 5.41) is 3.87. The van der Waals surface area contributed by atoms with E-state index in [2.05, 4.69) is 9.82 Å². The number of nitrogens with two attached hydrogens (primary N) is 1. The van der Waals surface area contributed by atoms with E-state index in [1.165, 1.54) is 17.1 Å². The second-order valence-corrected chi connectivity index (χ2v) is 6.23. The highest BCUT2D eigenvalue weighted by Gasteiger charge is 2.36. The summed E-state index contributed by atoms with van der Waals surface area (Å²) >= 11 is 0. The maximum atomic E-state index is 12.2. The second-order valence-electron chi connectivity index (χ2n) is 4.55. The Morgan fingerprint density at radius 1 is 1.56 bits per heavy atom. The van der Waals surface area contributed by atoms with Crippen LogP contribution in [0.25, 0.3) is 0 Å². The summed E-state index contributed by atoms with van der Waals surface area (Å²) in [7, 11) is -1.91. The van der Waals surface area contributed by atoms with Crippen LogP contribution < -0.4 is 10.5 Å². The predicted molar refractivity (Wildman–Crippen MR) is 65.4 cm³/mol. The lowest BCUT2D eigenvalue weighted by molar-refractivity contribution is 0.0502. The van der Waals surface area contributed by atoms with Crippen LogP contribution in [0.2, 0.25) is 0 Å². The molecule has 8 heteroatoms. The number of aryl methyl sites for hydroxylation is 1. The monoisotopic (exact) mass is 274 g/mol. The van der Waals surface area contributed by atoms with Crippen molar-refractivity contribution in [2.75, 3.05) is 19.8 Å². The molecule has 1 saturated heterocycles. The molecule has 1 aliphatic heterocycles. The van der Waals surface area contributed by atoms with Crippen molar-refractivity contribution >= 4 is 10.0 Å². The van der Waals surface area contributed by atoms with E-state index in [-0.39, 0.29) is 11.4 Å². The number of aromatic nitrogens is 2. The molecule has 2 heterocycles. The van der Waals surface area contributed by atoms with E-state index in [4.69, 9.17) is 10.5 Å². The van der Waals surface area contributed by atoms with Gasteiger partial charge in [0.15, 0.2) is 0 Å². The molecule has 0 saturated carbocycles. The summed E-state index contributed by atoms with van der Waals surface area (Å²) in [5.74, 6) is 0. The molecule has 0 spiro atoms. The first-order valence-electron chi connectivity index (χ1n) is 5.78. The molecule has 18 heavy (non-hydrogen) atoms. The van der Waals surface area contributed by atoms with Crippen LogP contribution in [0.1, 0.15) is 12.8 Å². The minimum atomic E-state index is -3.58. The van der Waals surface area contributed by atoms with Gasteiger partial charge in [-0.05, 0) is 12.8 Å². The van der Waals surface area contributed by atoms with Crippen LogP contribution in [0.5, 0.6) is 0 Å². The number of ether oxygens (including phenoxy) is 1. The molecule has 102 valence electrons. The van der Waals surface area contributed by atoms with E-state index < -0.39 is 15.6 Å². The first-order chi connectivity index (χ1) is 8.47. The van der Waals surface area contributed by atoms with Gasteiger partial charge in [0.05, 0.1) is 6.20 Å². The quantitative estimate of drug-likeness (QED) is 0.749. The van der Waals surface area contributed by atoms with Gasteiger partial charge in [-0.25, -0.2) is 13.1 Å². The molecule has 2 rings (SSSR count). The molecule has 1 aromatic rings. The maximum Gasteiger partial charge on any atom is 0.244 e. The molecule has 0 radical (unpaired) electrons. The average Bonchev–Trinajstić information content (AvgIpc) is 2.77. The molecule has 1 aromatic heterocycles. The first kappa shape index (κ1) is 13.5. The summed E-state index contributed by atoms with van der Waals surface area (Å²) in [6, 6.07) is 0. The molecule has 1 aliphatic rings. The van der Waals surface area contributed by atoms with Crippen molar-refractivity contribution in [3.63, 3.8) is 0 Å². The van der Waals surface area contributed by atoms with Crippen LogP contribution in [0, 0.1) is 0 Å². The largest absolute Gasteiger partial charge is 0.381 e. The Labute approximate surface area is 106 Å². The number of hydrogen-bond acceptors (Lipinski definition) is 5. The zero-order valence-electron chi connectivity index (χ0n) is 10.3. The molecule has 0 atom stereocenters. The third-order valence-electron chi connectivity index (χ3n) is 3.18. The van der Waals surface area contributed by atoms with Crippen LogP contribution in [-0.4, -0.2) is 43.5 Å². The van der Waals surface area contributed by atoms with E-state index in [9.17, 15) is 8.42 Å². The average molecular weight is 274 g/mol. The van der Waals surface area contributed by atoms with Gasteiger partial charge in [-0.2, -0.15) is 5.10 Å². The van der Waals surface area contributed by atoms with Gasteiger partial charge in [-0.15, -0.1) is 0 Å². The van der Waals surface area contributed by atoms with Gasteiger partial charge in [0.2, 0.25) is 10.0 Å². The number of nitrogens with zero attached hydrogens (tertiary/aromatic N) is 2. The Morgan fingerprint density at radius 2 is 2.22 bits per heavy atom. The van der Waals surface area contributed by atoms with Crippen LogP contribution >= 0.6 is 0 Å². The lowest BCUT2D eigenvalue weighted by Gasteiger charge is -2.36. The first-order valence-corrected chi connectivity index (χ1v) is 7.26. The van der Waals surface area contributed by atoms with Crippen molar-refractivity contribution in [3.05, 3.63) is 12.4 Å². The molecule has 1 fully saturated rings. The topological polar surface area (TPSA) is 99.2 Å². The highest BCUT2D eigenvalue weighted by Crippen LogP contribution is 2.22. The van der Waals surface area contributed by atoms with Crippen molar-refractivity contribution in [1.29, 1.82) is 0 Å². The standard InChI is InChI=1S/C10H18N4O3S/c1-14-7-9(6-12-14)18(15,16)13-10(8-11)2-4-17-5-3-10/h6-7,13H,2-5,8,11H2,1H3. The van der Waals surface area contributed by atoms with E-state index in [0.29, 0.717) is 26.1 Å². The Kier molecular flexibility index (Phi) is 3.71. The Morgan fingerprint density at radius 3 is 2.72 bits per heavy atom. The lowest BCUT2D eigenvalue weighted by Crippen LogP contribution is -2.56. The molecule has 7 nitrogen and oxygen atoms in total. The minimum Gasteiger partial charge on any atom is -0.381 e. The molecule has 0 aliphatic carbocycles. The van der Waals surface area contributed by atoms with Gasteiger partial charge < -0.3 is 10.5 Å². The Hall–Kier alpha value is -0.960. The van der Waals surface area contributed by atoms with Gasteiger partial charge in [0.25, 0.3) is 0 Å². The maximum absolute atomic E-state index is 12.2. The van der Waals surface area contributed by atoms with Gasteiger partial charge in [-0.3, -0.25) is 4.68 Å². The third kappa shape index (κ3) is 2.72. The number of hydrogen-bond donors (Lipinski definition) is 2. The van der Waals surface area contributed by atoms with Crippen LogP contribution in [0.3, 0.4) is 0 Å². The van der Waals surface area contributed by atoms with Gasteiger partial charge in [0, 0.05) is 38.5 Å².